The molecule has 0 aromatic heterocycles. The van der Waals surface area contributed by atoms with E-state index in [9.17, 15) is 14.4 Å². The molecule has 0 bridgehead atoms. The number of likely N-dealkylation sites (tertiary alicyclic amines) is 1. The SMILES string of the molecule is Cc1c(NC(=O)CC(NC(=O)c2ccccc2)c2ccccc2)cccc1C(=O)N1CCCC1. The summed E-state index contributed by atoms with van der Waals surface area (Å²) in [7, 11) is 0. The predicted octanol–water partition coefficient (Wildman–Crippen LogP) is 4.73. The molecule has 1 fully saturated rings. The zero-order valence-electron chi connectivity index (χ0n) is 19.3. The van der Waals surface area contributed by atoms with Gasteiger partial charge < -0.3 is 15.5 Å². The number of hydrogen-bond donors (Lipinski definition) is 2. The average Bonchev–Trinajstić information content (AvgIpc) is 3.41. The molecule has 0 aliphatic carbocycles. The third-order valence-electron chi connectivity index (χ3n) is 6.16. The average molecular weight is 456 g/mol. The number of rotatable bonds is 7. The molecule has 6 nitrogen and oxygen atoms in total. The predicted molar refractivity (Wildman–Crippen MR) is 133 cm³/mol. The van der Waals surface area contributed by atoms with Crippen LogP contribution in [0.25, 0.3) is 0 Å². The quantitative estimate of drug-likeness (QED) is 0.541. The standard InChI is InChI=1S/C28H29N3O3/c1-20-23(28(34)31-17-8-9-18-31)15-10-16-24(20)29-26(32)19-25(21-11-4-2-5-12-21)30-27(33)22-13-6-3-7-14-22/h2-7,10-16,25H,8-9,17-19H2,1H3,(H,29,32)(H,30,33). The van der Waals surface area contributed by atoms with Crippen molar-refractivity contribution in [2.45, 2.75) is 32.2 Å². The number of carbonyl (C=O) groups excluding carboxylic acids is 3. The minimum absolute atomic E-state index is 0.00313. The second-order valence-corrected chi connectivity index (χ2v) is 8.53. The van der Waals surface area contributed by atoms with Gasteiger partial charge in [0.15, 0.2) is 0 Å². The fourth-order valence-electron chi connectivity index (χ4n) is 4.25. The largest absolute Gasteiger partial charge is 0.345 e. The summed E-state index contributed by atoms with van der Waals surface area (Å²) in [4.78, 5) is 40.6. The van der Waals surface area contributed by atoms with Crippen molar-refractivity contribution in [3.63, 3.8) is 0 Å². The molecule has 1 unspecified atom stereocenters. The normalized spacial score (nSPS) is 13.9. The van der Waals surface area contributed by atoms with Crippen molar-refractivity contribution < 1.29 is 14.4 Å². The van der Waals surface area contributed by atoms with Crippen molar-refractivity contribution in [3.8, 4) is 0 Å². The van der Waals surface area contributed by atoms with Gasteiger partial charge in [-0.1, -0.05) is 54.6 Å². The summed E-state index contributed by atoms with van der Waals surface area (Å²) in [6.07, 6.45) is 2.11. The highest BCUT2D eigenvalue weighted by molar-refractivity contribution is 6.00. The molecule has 3 amide bonds. The van der Waals surface area contributed by atoms with E-state index in [-0.39, 0.29) is 24.1 Å². The van der Waals surface area contributed by atoms with Gasteiger partial charge in [0.1, 0.15) is 0 Å². The molecular formula is C28H29N3O3. The van der Waals surface area contributed by atoms with E-state index in [1.807, 2.05) is 48.2 Å². The van der Waals surface area contributed by atoms with Crippen LogP contribution >= 0.6 is 0 Å². The number of benzene rings is 3. The number of nitrogens with zero attached hydrogens (tertiary/aromatic N) is 1. The molecule has 2 N–H and O–H groups in total. The van der Waals surface area contributed by atoms with Crippen molar-refractivity contribution in [1.82, 2.24) is 10.2 Å². The van der Waals surface area contributed by atoms with E-state index in [2.05, 4.69) is 10.6 Å². The van der Waals surface area contributed by atoms with Crippen molar-refractivity contribution in [2.24, 2.45) is 0 Å². The maximum absolute atomic E-state index is 13.0. The van der Waals surface area contributed by atoms with Crippen LogP contribution in [0.3, 0.4) is 0 Å². The van der Waals surface area contributed by atoms with E-state index >= 15 is 0 Å². The number of nitrogens with one attached hydrogen (secondary N) is 2. The number of amides is 3. The molecule has 174 valence electrons. The zero-order chi connectivity index (χ0) is 23.9. The first-order valence-electron chi connectivity index (χ1n) is 11.6. The van der Waals surface area contributed by atoms with Crippen LogP contribution in [0, 0.1) is 6.92 Å². The van der Waals surface area contributed by atoms with Gasteiger partial charge in [0, 0.05) is 29.9 Å². The van der Waals surface area contributed by atoms with Crippen LogP contribution in [0.1, 0.15) is 57.1 Å². The van der Waals surface area contributed by atoms with E-state index in [1.54, 1.807) is 42.5 Å². The lowest BCUT2D eigenvalue weighted by atomic mass is 10.0. The molecule has 1 aliphatic rings. The van der Waals surface area contributed by atoms with E-state index in [1.165, 1.54) is 0 Å². The lowest BCUT2D eigenvalue weighted by Crippen LogP contribution is -2.32. The molecule has 0 radical (unpaired) electrons. The maximum atomic E-state index is 13.0. The van der Waals surface area contributed by atoms with Crippen LogP contribution in [0.2, 0.25) is 0 Å². The first-order chi connectivity index (χ1) is 16.5. The summed E-state index contributed by atoms with van der Waals surface area (Å²) < 4.78 is 0. The molecule has 1 saturated heterocycles. The van der Waals surface area contributed by atoms with Gasteiger partial charge in [-0.25, -0.2) is 0 Å². The van der Waals surface area contributed by atoms with Crippen LogP contribution in [0.15, 0.2) is 78.9 Å². The van der Waals surface area contributed by atoms with Crippen molar-refractivity contribution in [2.75, 3.05) is 18.4 Å². The van der Waals surface area contributed by atoms with Crippen LogP contribution in [-0.2, 0) is 4.79 Å². The summed E-state index contributed by atoms with van der Waals surface area (Å²) in [6, 6.07) is 23.3. The Morgan fingerprint density at radius 1 is 0.853 bits per heavy atom. The van der Waals surface area contributed by atoms with Gasteiger partial charge in [0.05, 0.1) is 12.5 Å². The van der Waals surface area contributed by atoms with Gasteiger partial charge >= 0.3 is 0 Å². The van der Waals surface area contributed by atoms with E-state index in [0.29, 0.717) is 16.8 Å². The van der Waals surface area contributed by atoms with E-state index in [4.69, 9.17) is 0 Å². The van der Waals surface area contributed by atoms with Crippen LogP contribution < -0.4 is 10.6 Å². The molecule has 3 aromatic rings. The highest BCUT2D eigenvalue weighted by atomic mass is 16.2. The second kappa shape index (κ2) is 10.8. The Bertz CT molecular complexity index is 1160. The summed E-state index contributed by atoms with van der Waals surface area (Å²) >= 11 is 0. The summed E-state index contributed by atoms with van der Waals surface area (Å²) in [5, 5.41) is 5.94. The van der Waals surface area contributed by atoms with Gasteiger partial charge in [-0.15, -0.1) is 0 Å². The minimum atomic E-state index is -0.497. The van der Waals surface area contributed by atoms with Crippen LogP contribution in [0.5, 0.6) is 0 Å². The molecule has 1 aliphatic heterocycles. The van der Waals surface area contributed by atoms with Crippen molar-refractivity contribution in [3.05, 3.63) is 101 Å². The third kappa shape index (κ3) is 5.52. The number of anilines is 1. The third-order valence-corrected chi connectivity index (χ3v) is 6.16. The monoisotopic (exact) mass is 455 g/mol. The van der Waals surface area contributed by atoms with Gasteiger partial charge in [-0.2, -0.15) is 0 Å². The van der Waals surface area contributed by atoms with Gasteiger partial charge in [0.25, 0.3) is 11.8 Å². The summed E-state index contributed by atoms with van der Waals surface area (Å²) in [5.74, 6) is -0.476. The van der Waals surface area contributed by atoms with Crippen molar-refractivity contribution >= 4 is 23.4 Å². The topological polar surface area (TPSA) is 78.5 Å². The molecule has 3 aromatic carbocycles. The molecule has 6 heteroatoms. The fraction of sp³-hybridized carbons (Fsp3) is 0.250. The first kappa shape index (κ1) is 23.2. The Balaban J connectivity index is 1.49. The van der Waals surface area contributed by atoms with Gasteiger partial charge in [-0.3, -0.25) is 14.4 Å². The van der Waals surface area contributed by atoms with E-state index in [0.717, 1.165) is 37.1 Å². The second-order valence-electron chi connectivity index (χ2n) is 8.53. The first-order valence-corrected chi connectivity index (χ1v) is 11.6. The lowest BCUT2D eigenvalue weighted by molar-refractivity contribution is -0.116. The molecule has 34 heavy (non-hydrogen) atoms. The maximum Gasteiger partial charge on any atom is 0.254 e. The number of carbonyl (C=O) groups is 3. The van der Waals surface area contributed by atoms with E-state index < -0.39 is 6.04 Å². The Labute approximate surface area is 200 Å². The van der Waals surface area contributed by atoms with Gasteiger partial charge in [0.2, 0.25) is 5.91 Å². The molecule has 0 saturated carbocycles. The summed E-state index contributed by atoms with van der Waals surface area (Å²) in [5.41, 5.74) is 3.34. The smallest absolute Gasteiger partial charge is 0.254 e. The zero-order valence-corrected chi connectivity index (χ0v) is 19.3. The minimum Gasteiger partial charge on any atom is -0.345 e. The van der Waals surface area contributed by atoms with Crippen molar-refractivity contribution in [1.29, 1.82) is 0 Å². The molecule has 0 spiro atoms. The Morgan fingerprint density at radius 2 is 1.50 bits per heavy atom. The highest BCUT2D eigenvalue weighted by Gasteiger charge is 2.23. The summed E-state index contributed by atoms with van der Waals surface area (Å²) in [6.45, 7) is 3.40. The Hall–Kier alpha value is -3.93. The Kier molecular flexibility index (Phi) is 7.38. The number of hydrogen-bond acceptors (Lipinski definition) is 3. The highest BCUT2D eigenvalue weighted by Crippen LogP contribution is 2.24. The molecule has 4 rings (SSSR count). The van der Waals surface area contributed by atoms with Gasteiger partial charge in [-0.05, 0) is 55.2 Å². The van der Waals surface area contributed by atoms with Crippen LogP contribution in [-0.4, -0.2) is 35.7 Å². The molecule has 1 heterocycles. The lowest BCUT2D eigenvalue weighted by Gasteiger charge is -2.21. The molecule has 1 atom stereocenters. The Morgan fingerprint density at radius 3 is 2.18 bits per heavy atom. The fourth-order valence-corrected chi connectivity index (χ4v) is 4.25. The van der Waals surface area contributed by atoms with Crippen LogP contribution in [0.4, 0.5) is 5.69 Å². The molecular weight excluding hydrogens is 426 g/mol.